The maximum atomic E-state index is 13.8. The Hall–Kier alpha value is -2.89. The maximum absolute atomic E-state index is 13.8. The molecule has 0 amide bonds. The van der Waals surface area contributed by atoms with E-state index < -0.39 is 11.6 Å². The summed E-state index contributed by atoms with van der Waals surface area (Å²) >= 11 is 0. The lowest BCUT2D eigenvalue weighted by molar-refractivity contribution is 0.112. The fourth-order valence-corrected chi connectivity index (χ4v) is 1.97. The molecule has 0 aliphatic heterocycles. The van der Waals surface area contributed by atoms with Crippen LogP contribution in [0, 0.1) is 11.6 Å². The summed E-state index contributed by atoms with van der Waals surface area (Å²) in [4.78, 5) is 15.3. The van der Waals surface area contributed by atoms with Gasteiger partial charge in [0.25, 0.3) is 0 Å². The first-order chi connectivity index (χ1) is 10.2. The SMILES string of the molecule is O=Cc1cn(-c2ccc(F)cc2F)nc1-c1ccccn1. The van der Waals surface area contributed by atoms with Gasteiger partial charge in [0.1, 0.15) is 17.2 Å². The number of aromatic nitrogens is 3. The van der Waals surface area contributed by atoms with Crippen LogP contribution in [0.25, 0.3) is 17.1 Å². The van der Waals surface area contributed by atoms with Crippen molar-refractivity contribution in [2.75, 3.05) is 0 Å². The fraction of sp³-hybridized carbons (Fsp3) is 0. The van der Waals surface area contributed by atoms with Gasteiger partial charge in [0.05, 0.1) is 11.3 Å². The molecule has 0 saturated carbocycles. The molecule has 2 heterocycles. The summed E-state index contributed by atoms with van der Waals surface area (Å²) in [6, 6.07) is 8.34. The molecule has 0 N–H and O–H groups in total. The van der Waals surface area contributed by atoms with E-state index in [2.05, 4.69) is 10.1 Å². The minimum absolute atomic E-state index is 0.0571. The molecule has 0 unspecified atom stereocenters. The predicted octanol–water partition coefficient (Wildman–Crippen LogP) is 3.03. The molecule has 0 spiro atoms. The molecule has 0 aliphatic carbocycles. The molecule has 0 atom stereocenters. The lowest BCUT2D eigenvalue weighted by Gasteiger charge is -2.02. The highest BCUT2D eigenvalue weighted by molar-refractivity contribution is 5.84. The Morgan fingerprint density at radius 2 is 2.00 bits per heavy atom. The number of hydrogen-bond acceptors (Lipinski definition) is 3. The van der Waals surface area contributed by atoms with Crippen LogP contribution in [0.3, 0.4) is 0 Å². The van der Waals surface area contributed by atoms with Crippen LogP contribution >= 0.6 is 0 Å². The summed E-state index contributed by atoms with van der Waals surface area (Å²) in [7, 11) is 0. The molecule has 3 aromatic rings. The molecule has 2 aromatic heterocycles. The Kier molecular flexibility index (Phi) is 3.27. The van der Waals surface area contributed by atoms with Gasteiger partial charge in [-0.25, -0.2) is 13.5 Å². The number of hydrogen-bond donors (Lipinski definition) is 0. The van der Waals surface area contributed by atoms with E-state index in [-0.39, 0.29) is 11.3 Å². The van der Waals surface area contributed by atoms with Crippen molar-refractivity contribution in [2.24, 2.45) is 0 Å². The van der Waals surface area contributed by atoms with Crippen LogP contribution < -0.4 is 0 Å². The molecular weight excluding hydrogens is 276 g/mol. The summed E-state index contributed by atoms with van der Waals surface area (Å²) in [5.74, 6) is -1.44. The largest absolute Gasteiger partial charge is 0.298 e. The third-order valence-corrected chi connectivity index (χ3v) is 2.93. The molecule has 3 rings (SSSR count). The summed E-state index contributed by atoms with van der Waals surface area (Å²) < 4.78 is 27.9. The van der Waals surface area contributed by atoms with E-state index in [1.54, 1.807) is 24.4 Å². The van der Waals surface area contributed by atoms with Crippen LogP contribution in [0.15, 0.2) is 48.8 Å². The van der Waals surface area contributed by atoms with Crippen LogP contribution in [0.2, 0.25) is 0 Å². The Balaban J connectivity index is 2.14. The van der Waals surface area contributed by atoms with Crippen molar-refractivity contribution in [1.29, 1.82) is 0 Å². The zero-order chi connectivity index (χ0) is 14.8. The molecule has 0 radical (unpaired) electrons. The van der Waals surface area contributed by atoms with Gasteiger partial charge in [-0.3, -0.25) is 9.78 Å². The Morgan fingerprint density at radius 3 is 2.67 bits per heavy atom. The van der Waals surface area contributed by atoms with Gasteiger partial charge in [-0.05, 0) is 24.3 Å². The quantitative estimate of drug-likeness (QED) is 0.695. The number of aldehydes is 1. The molecule has 0 fully saturated rings. The first-order valence-electron chi connectivity index (χ1n) is 6.10. The Morgan fingerprint density at radius 1 is 1.14 bits per heavy atom. The molecule has 104 valence electrons. The van der Waals surface area contributed by atoms with E-state index >= 15 is 0 Å². The van der Waals surface area contributed by atoms with Crippen molar-refractivity contribution in [3.05, 3.63) is 66.0 Å². The van der Waals surface area contributed by atoms with Gasteiger partial charge in [0, 0.05) is 18.5 Å². The van der Waals surface area contributed by atoms with Crippen molar-refractivity contribution < 1.29 is 13.6 Å². The average Bonchev–Trinajstić information content (AvgIpc) is 2.92. The summed E-state index contributed by atoms with van der Waals surface area (Å²) in [5, 5.41) is 4.17. The summed E-state index contributed by atoms with van der Waals surface area (Å²) in [6.45, 7) is 0. The molecular formula is C15H9F2N3O. The molecule has 0 aliphatic rings. The zero-order valence-corrected chi connectivity index (χ0v) is 10.7. The number of carbonyl (C=O) groups is 1. The number of carbonyl (C=O) groups excluding carboxylic acids is 1. The van der Waals surface area contributed by atoms with Gasteiger partial charge < -0.3 is 0 Å². The first kappa shape index (κ1) is 13.1. The van der Waals surface area contributed by atoms with Crippen molar-refractivity contribution in [1.82, 2.24) is 14.8 Å². The van der Waals surface area contributed by atoms with E-state index in [0.717, 1.165) is 12.1 Å². The second-order valence-corrected chi connectivity index (χ2v) is 4.31. The second kappa shape index (κ2) is 5.24. The summed E-state index contributed by atoms with van der Waals surface area (Å²) in [5.41, 5.74) is 1.18. The van der Waals surface area contributed by atoms with Gasteiger partial charge >= 0.3 is 0 Å². The van der Waals surface area contributed by atoms with Crippen molar-refractivity contribution in [2.45, 2.75) is 0 Å². The third-order valence-electron chi connectivity index (χ3n) is 2.93. The fourth-order valence-electron chi connectivity index (χ4n) is 1.97. The highest BCUT2D eigenvalue weighted by Gasteiger charge is 2.14. The van der Waals surface area contributed by atoms with Gasteiger partial charge in [-0.1, -0.05) is 6.07 Å². The van der Waals surface area contributed by atoms with Gasteiger partial charge in [0.2, 0.25) is 0 Å². The second-order valence-electron chi connectivity index (χ2n) is 4.31. The number of rotatable bonds is 3. The standard InChI is InChI=1S/C15H9F2N3O/c16-11-4-5-14(12(17)7-11)20-8-10(9-21)15(19-20)13-3-1-2-6-18-13/h1-9H. The number of pyridine rings is 1. The van der Waals surface area contributed by atoms with Crippen LogP contribution in [0.1, 0.15) is 10.4 Å². The highest BCUT2D eigenvalue weighted by atomic mass is 19.1. The Labute approximate surface area is 118 Å². The van der Waals surface area contributed by atoms with Crippen molar-refractivity contribution in [3.63, 3.8) is 0 Å². The maximum Gasteiger partial charge on any atom is 0.153 e. The number of halogens is 2. The minimum Gasteiger partial charge on any atom is -0.298 e. The molecule has 21 heavy (non-hydrogen) atoms. The predicted molar refractivity (Wildman–Crippen MR) is 72.1 cm³/mol. The molecule has 0 saturated heterocycles. The number of benzene rings is 1. The van der Waals surface area contributed by atoms with Gasteiger partial charge in [-0.15, -0.1) is 0 Å². The van der Waals surface area contributed by atoms with Gasteiger partial charge in [0.15, 0.2) is 12.1 Å². The molecule has 4 nitrogen and oxygen atoms in total. The number of nitrogens with zero attached hydrogens (tertiary/aromatic N) is 3. The zero-order valence-electron chi connectivity index (χ0n) is 10.7. The van der Waals surface area contributed by atoms with E-state index in [4.69, 9.17) is 0 Å². The molecule has 0 bridgehead atoms. The van der Waals surface area contributed by atoms with Gasteiger partial charge in [-0.2, -0.15) is 5.10 Å². The van der Waals surface area contributed by atoms with Crippen LogP contribution in [-0.2, 0) is 0 Å². The third kappa shape index (κ3) is 2.43. The monoisotopic (exact) mass is 285 g/mol. The van der Waals surface area contributed by atoms with Crippen molar-refractivity contribution >= 4 is 6.29 Å². The van der Waals surface area contributed by atoms with Crippen molar-refractivity contribution in [3.8, 4) is 17.1 Å². The van der Waals surface area contributed by atoms with E-state index in [0.29, 0.717) is 17.7 Å². The smallest absolute Gasteiger partial charge is 0.153 e. The van der Waals surface area contributed by atoms with Crippen LogP contribution in [0.4, 0.5) is 8.78 Å². The van der Waals surface area contributed by atoms with E-state index in [1.807, 2.05) is 0 Å². The normalized spacial score (nSPS) is 10.6. The minimum atomic E-state index is -0.762. The van der Waals surface area contributed by atoms with E-state index in [9.17, 15) is 13.6 Å². The molecule has 6 heteroatoms. The highest BCUT2D eigenvalue weighted by Crippen LogP contribution is 2.22. The lowest BCUT2D eigenvalue weighted by Crippen LogP contribution is -1.99. The topological polar surface area (TPSA) is 47.8 Å². The molecule has 1 aromatic carbocycles. The lowest BCUT2D eigenvalue weighted by atomic mass is 10.2. The van der Waals surface area contributed by atoms with E-state index in [1.165, 1.54) is 16.9 Å². The Bertz CT molecular complexity index is 800. The first-order valence-corrected chi connectivity index (χ1v) is 6.10. The average molecular weight is 285 g/mol. The van der Waals surface area contributed by atoms with Crippen LogP contribution in [-0.4, -0.2) is 21.1 Å². The summed E-state index contributed by atoms with van der Waals surface area (Å²) in [6.07, 6.45) is 3.57. The van der Waals surface area contributed by atoms with Crippen LogP contribution in [0.5, 0.6) is 0 Å².